The van der Waals surface area contributed by atoms with Crippen LogP contribution in [0.15, 0.2) is 97.1 Å². The Balaban J connectivity index is 1.53. The molecule has 206 valence electrons. The number of hydrogen-bond acceptors (Lipinski definition) is 2. The zero-order valence-corrected chi connectivity index (χ0v) is 23.9. The fourth-order valence-corrected chi connectivity index (χ4v) is 4.97. The van der Waals surface area contributed by atoms with Crippen molar-refractivity contribution in [3.8, 4) is 0 Å². The lowest BCUT2D eigenvalue weighted by Crippen LogP contribution is -2.25. The SMILES string of the molecule is CCCCC(C)(c1ccc(NC(=O)Nc2ccccc2)c(Cl)c1)c1ccc(NC(=O)Nc2ccccc2)c(Cl)c1. The van der Waals surface area contributed by atoms with Crippen molar-refractivity contribution >= 4 is 58.0 Å². The predicted octanol–water partition coefficient (Wildman–Crippen LogP) is 9.78. The number of rotatable bonds is 9. The molecule has 0 fully saturated rings. The monoisotopic (exact) mass is 574 g/mol. The van der Waals surface area contributed by atoms with Gasteiger partial charge in [0.15, 0.2) is 0 Å². The largest absolute Gasteiger partial charge is 0.323 e. The molecule has 0 aliphatic heterocycles. The molecule has 0 radical (unpaired) electrons. The summed E-state index contributed by atoms with van der Waals surface area (Å²) < 4.78 is 0. The highest BCUT2D eigenvalue weighted by Crippen LogP contribution is 2.41. The van der Waals surface area contributed by atoms with Gasteiger partial charge in [-0.3, -0.25) is 0 Å². The number of hydrogen-bond donors (Lipinski definition) is 4. The number of para-hydroxylation sites is 2. The van der Waals surface area contributed by atoms with Gasteiger partial charge in [0.2, 0.25) is 0 Å². The Kier molecular flexibility index (Phi) is 9.70. The second kappa shape index (κ2) is 13.4. The van der Waals surface area contributed by atoms with Crippen molar-refractivity contribution in [1.82, 2.24) is 0 Å². The van der Waals surface area contributed by atoms with Crippen LogP contribution >= 0.6 is 23.2 Å². The molecular formula is C32H32Cl2N4O2. The Hall–Kier alpha value is -4.00. The summed E-state index contributed by atoms with van der Waals surface area (Å²) >= 11 is 13.3. The summed E-state index contributed by atoms with van der Waals surface area (Å²) in [6, 6.07) is 29.0. The first kappa shape index (κ1) is 29.0. The Bertz CT molecular complexity index is 1360. The molecule has 0 atom stereocenters. The van der Waals surface area contributed by atoms with Crippen molar-refractivity contribution in [3.63, 3.8) is 0 Å². The van der Waals surface area contributed by atoms with Crippen LogP contribution in [-0.2, 0) is 5.41 Å². The third-order valence-electron chi connectivity index (χ3n) is 6.80. The third-order valence-corrected chi connectivity index (χ3v) is 7.43. The van der Waals surface area contributed by atoms with E-state index in [9.17, 15) is 9.59 Å². The van der Waals surface area contributed by atoms with E-state index in [0.717, 1.165) is 30.4 Å². The highest BCUT2D eigenvalue weighted by molar-refractivity contribution is 6.34. The number of nitrogens with one attached hydrogen (secondary N) is 4. The van der Waals surface area contributed by atoms with Crippen LogP contribution in [0.3, 0.4) is 0 Å². The van der Waals surface area contributed by atoms with Gasteiger partial charge in [0.05, 0.1) is 21.4 Å². The molecule has 0 bridgehead atoms. The fourth-order valence-electron chi connectivity index (χ4n) is 4.52. The lowest BCUT2D eigenvalue weighted by molar-refractivity contribution is 0.261. The zero-order chi connectivity index (χ0) is 28.5. The highest BCUT2D eigenvalue weighted by Gasteiger charge is 2.30. The fraction of sp³-hybridized carbons (Fsp3) is 0.188. The molecule has 4 amide bonds. The van der Waals surface area contributed by atoms with Gasteiger partial charge in [-0.2, -0.15) is 0 Å². The standard InChI is InChI=1S/C32H32Cl2N4O2/c1-3-4-19-32(2,22-15-17-28(26(33)20-22)37-30(39)35-24-11-7-5-8-12-24)23-16-18-29(27(34)21-23)38-31(40)36-25-13-9-6-10-14-25/h5-18,20-21H,3-4,19H2,1-2H3,(H2,35,37,39)(H2,36,38,40). The molecule has 4 N–H and O–H groups in total. The van der Waals surface area contributed by atoms with Gasteiger partial charge in [-0.1, -0.05) is 98.4 Å². The maximum atomic E-state index is 12.5. The van der Waals surface area contributed by atoms with Crippen molar-refractivity contribution in [1.29, 1.82) is 0 Å². The van der Waals surface area contributed by atoms with Crippen molar-refractivity contribution in [2.24, 2.45) is 0 Å². The molecule has 0 saturated carbocycles. The van der Waals surface area contributed by atoms with E-state index in [1.54, 1.807) is 0 Å². The minimum atomic E-state index is -0.404. The number of carbonyl (C=O) groups is 2. The minimum Gasteiger partial charge on any atom is -0.308 e. The van der Waals surface area contributed by atoms with Gasteiger partial charge < -0.3 is 21.3 Å². The number of anilines is 4. The molecule has 0 aromatic heterocycles. The van der Waals surface area contributed by atoms with Crippen molar-refractivity contribution in [2.75, 3.05) is 21.3 Å². The van der Waals surface area contributed by atoms with Crippen LogP contribution < -0.4 is 21.3 Å². The summed E-state index contributed by atoms with van der Waals surface area (Å²) in [5.41, 5.74) is 3.99. The predicted molar refractivity (Wildman–Crippen MR) is 167 cm³/mol. The summed E-state index contributed by atoms with van der Waals surface area (Å²) in [4.78, 5) is 25.0. The minimum absolute atomic E-state index is 0.374. The van der Waals surface area contributed by atoms with Gasteiger partial charge in [0.25, 0.3) is 0 Å². The summed E-state index contributed by atoms with van der Waals surface area (Å²) in [6.45, 7) is 4.31. The molecule has 0 aliphatic rings. The molecule has 0 unspecified atom stereocenters. The molecule has 0 saturated heterocycles. The van der Waals surface area contributed by atoms with E-state index in [-0.39, 0.29) is 12.1 Å². The van der Waals surface area contributed by atoms with Crippen molar-refractivity contribution < 1.29 is 9.59 Å². The summed E-state index contributed by atoms with van der Waals surface area (Å²) in [5.74, 6) is 0. The first-order valence-electron chi connectivity index (χ1n) is 13.1. The molecule has 0 heterocycles. The number of urea groups is 2. The van der Waals surface area contributed by atoms with Crippen LogP contribution in [0.4, 0.5) is 32.3 Å². The lowest BCUT2D eigenvalue weighted by Gasteiger charge is -2.32. The van der Waals surface area contributed by atoms with Crippen LogP contribution in [0.2, 0.25) is 10.0 Å². The normalized spacial score (nSPS) is 11.0. The Labute approximate surface area is 245 Å². The Morgan fingerprint density at radius 1 is 0.650 bits per heavy atom. The van der Waals surface area contributed by atoms with Gasteiger partial charge in [-0.05, 0) is 66.1 Å². The quantitative estimate of drug-likeness (QED) is 0.160. The molecule has 8 heteroatoms. The van der Waals surface area contributed by atoms with Gasteiger partial charge in [-0.25, -0.2) is 9.59 Å². The van der Waals surface area contributed by atoms with Crippen molar-refractivity contribution in [2.45, 2.75) is 38.5 Å². The van der Waals surface area contributed by atoms with E-state index >= 15 is 0 Å². The number of carbonyl (C=O) groups excluding carboxylic acids is 2. The average molecular weight is 576 g/mol. The van der Waals surface area contributed by atoms with E-state index in [0.29, 0.717) is 32.8 Å². The van der Waals surface area contributed by atoms with Crippen LogP contribution in [-0.4, -0.2) is 12.1 Å². The summed E-state index contributed by atoms with van der Waals surface area (Å²) in [5, 5.41) is 12.1. The molecule has 0 spiro atoms. The number of unbranched alkanes of at least 4 members (excludes halogenated alkanes) is 1. The van der Waals surface area contributed by atoms with Crippen LogP contribution in [0, 0.1) is 0 Å². The first-order valence-corrected chi connectivity index (χ1v) is 13.9. The van der Waals surface area contributed by atoms with Gasteiger partial charge in [-0.15, -0.1) is 0 Å². The van der Waals surface area contributed by atoms with Gasteiger partial charge in [0, 0.05) is 16.8 Å². The highest BCUT2D eigenvalue weighted by atomic mass is 35.5. The maximum Gasteiger partial charge on any atom is 0.323 e. The molecule has 6 nitrogen and oxygen atoms in total. The molecular weight excluding hydrogens is 543 g/mol. The smallest absolute Gasteiger partial charge is 0.308 e. The van der Waals surface area contributed by atoms with E-state index in [4.69, 9.17) is 23.2 Å². The molecule has 4 aromatic carbocycles. The Morgan fingerprint density at radius 2 is 1.07 bits per heavy atom. The van der Waals surface area contributed by atoms with E-state index in [1.165, 1.54) is 0 Å². The topological polar surface area (TPSA) is 82.3 Å². The van der Waals surface area contributed by atoms with E-state index < -0.39 is 5.41 Å². The molecule has 40 heavy (non-hydrogen) atoms. The van der Waals surface area contributed by atoms with E-state index in [1.807, 2.05) is 97.1 Å². The zero-order valence-electron chi connectivity index (χ0n) is 22.4. The summed E-state index contributed by atoms with van der Waals surface area (Å²) in [7, 11) is 0. The third kappa shape index (κ3) is 7.34. The second-order valence-electron chi connectivity index (χ2n) is 9.72. The molecule has 4 rings (SSSR count). The second-order valence-corrected chi connectivity index (χ2v) is 10.5. The number of benzene rings is 4. The van der Waals surface area contributed by atoms with Crippen LogP contribution in [0.25, 0.3) is 0 Å². The maximum absolute atomic E-state index is 12.5. The van der Waals surface area contributed by atoms with Crippen LogP contribution in [0.5, 0.6) is 0 Å². The summed E-state index contributed by atoms with van der Waals surface area (Å²) in [6.07, 6.45) is 2.87. The average Bonchev–Trinajstić information content (AvgIpc) is 2.95. The number of halogens is 2. The number of amides is 4. The first-order chi connectivity index (χ1) is 19.3. The lowest BCUT2D eigenvalue weighted by atomic mass is 9.72. The Morgan fingerprint density at radius 3 is 1.45 bits per heavy atom. The molecule has 4 aromatic rings. The van der Waals surface area contributed by atoms with E-state index in [2.05, 4.69) is 35.1 Å². The molecule has 0 aliphatic carbocycles. The van der Waals surface area contributed by atoms with Gasteiger partial charge >= 0.3 is 12.1 Å². The van der Waals surface area contributed by atoms with Crippen LogP contribution in [0.1, 0.15) is 44.2 Å². The van der Waals surface area contributed by atoms with Gasteiger partial charge in [0.1, 0.15) is 0 Å². The van der Waals surface area contributed by atoms with Crippen molar-refractivity contribution in [3.05, 3.63) is 118 Å².